The lowest BCUT2D eigenvalue weighted by molar-refractivity contribution is 0.0525. The van der Waals surface area contributed by atoms with Crippen LogP contribution in [-0.4, -0.2) is 22.1 Å². The van der Waals surface area contributed by atoms with E-state index in [1.54, 1.807) is 25.1 Å². The monoisotopic (exact) mass is 370 g/mol. The summed E-state index contributed by atoms with van der Waals surface area (Å²) in [6, 6.07) is 10.8. The highest BCUT2D eigenvalue weighted by Gasteiger charge is 2.24. The Morgan fingerprint density at radius 3 is 2.65 bits per heavy atom. The van der Waals surface area contributed by atoms with Crippen LogP contribution in [0.1, 0.15) is 29.9 Å². The van der Waals surface area contributed by atoms with Crippen molar-refractivity contribution in [1.82, 2.24) is 9.55 Å². The minimum atomic E-state index is -0.642. The molecule has 3 aromatic rings. The van der Waals surface area contributed by atoms with Gasteiger partial charge in [0, 0.05) is 28.2 Å². The number of aryl methyl sites for hydroxylation is 2. The van der Waals surface area contributed by atoms with Gasteiger partial charge in [0.2, 0.25) is 0 Å². The molecule has 0 saturated carbocycles. The topological polar surface area (TPSA) is 61.2 Å². The molecule has 0 aliphatic carbocycles. The lowest BCUT2D eigenvalue weighted by Crippen LogP contribution is -2.29. The molecule has 5 nitrogen and oxygen atoms in total. The molecule has 1 aromatic carbocycles. The summed E-state index contributed by atoms with van der Waals surface area (Å²) in [5.41, 5.74) is 2.11. The van der Waals surface area contributed by atoms with E-state index in [2.05, 4.69) is 4.98 Å². The first-order valence-corrected chi connectivity index (χ1v) is 8.82. The molecule has 0 aliphatic rings. The maximum atomic E-state index is 13.1. The highest BCUT2D eigenvalue weighted by atomic mass is 35.5. The molecule has 2 aromatic heterocycles. The first-order chi connectivity index (χ1) is 12.5. The maximum Gasteiger partial charge on any atom is 0.344 e. The number of hydrogen-bond donors (Lipinski definition) is 0. The lowest BCUT2D eigenvalue weighted by atomic mass is 9.97. The zero-order chi connectivity index (χ0) is 18.8. The van der Waals surface area contributed by atoms with Crippen LogP contribution in [-0.2, 0) is 11.3 Å². The minimum absolute atomic E-state index is 0.00844. The fraction of sp³-hybridized carbons (Fsp3) is 0.250. The Labute approximate surface area is 156 Å². The number of nitrogens with zero attached hydrogens (tertiary/aromatic N) is 2. The molecule has 6 heteroatoms. The van der Waals surface area contributed by atoms with Crippen molar-refractivity contribution in [2.75, 3.05) is 6.61 Å². The molecule has 0 saturated heterocycles. The van der Waals surface area contributed by atoms with E-state index >= 15 is 0 Å². The van der Waals surface area contributed by atoms with Crippen molar-refractivity contribution in [3.63, 3.8) is 0 Å². The number of rotatable bonds is 4. The van der Waals surface area contributed by atoms with E-state index in [-0.39, 0.29) is 12.2 Å². The van der Waals surface area contributed by atoms with Crippen LogP contribution in [0.3, 0.4) is 0 Å². The van der Waals surface area contributed by atoms with Crippen LogP contribution in [0.4, 0.5) is 0 Å². The van der Waals surface area contributed by atoms with Crippen molar-refractivity contribution in [1.29, 1.82) is 0 Å². The molecule has 0 bridgehead atoms. The van der Waals surface area contributed by atoms with Gasteiger partial charge >= 0.3 is 5.97 Å². The van der Waals surface area contributed by atoms with Gasteiger partial charge in [0.05, 0.1) is 6.61 Å². The molecule has 0 unspecified atom stereocenters. The second-order valence-corrected chi connectivity index (χ2v) is 6.29. The van der Waals surface area contributed by atoms with E-state index in [0.717, 1.165) is 5.69 Å². The van der Waals surface area contributed by atoms with Crippen molar-refractivity contribution < 1.29 is 9.53 Å². The zero-order valence-corrected chi connectivity index (χ0v) is 15.6. The van der Waals surface area contributed by atoms with Crippen LogP contribution < -0.4 is 5.56 Å². The molecular weight excluding hydrogens is 352 g/mol. The fourth-order valence-corrected chi connectivity index (χ4v) is 3.24. The number of ether oxygens (including phenoxy) is 1. The fourth-order valence-electron chi connectivity index (χ4n) is 3.05. The van der Waals surface area contributed by atoms with E-state index in [0.29, 0.717) is 33.7 Å². The third kappa shape index (κ3) is 3.10. The summed E-state index contributed by atoms with van der Waals surface area (Å²) in [6.45, 7) is 6.00. The number of pyridine rings is 2. The van der Waals surface area contributed by atoms with E-state index < -0.39 is 11.5 Å². The summed E-state index contributed by atoms with van der Waals surface area (Å²) >= 11 is 6.15. The molecule has 134 valence electrons. The molecule has 0 radical (unpaired) electrons. The van der Waals surface area contributed by atoms with Crippen LogP contribution in [0.25, 0.3) is 22.2 Å². The molecule has 0 amide bonds. The second-order valence-electron chi connectivity index (χ2n) is 5.85. The van der Waals surface area contributed by atoms with Crippen LogP contribution in [0.15, 0.2) is 41.2 Å². The van der Waals surface area contributed by atoms with E-state index in [1.807, 2.05) is 32.0 Å². The molecule has 26 heavy (non-hydrogen) atoms. The Balaban J connectivity index is 2.52. The molecule has 0 spiro atoms. The smallest absolute Gasteiger partial charge is 0.344 e. The van der Waals surface area contributed by atoms with Gasteiger partial charge in [0.25, 0.3) is 5.56 Å². The average molecular weight is 371 g/mol. The lowest BCUT2D eigenvalue weighted by Gasteiger charge is -2.16. The van der Waals surface area contributed by atoms with Crippen molar-refractivity contribution in [3.05, 3.63) is 63.0 Å². The number of hydrogen-bond acceptors (Lipinski definition) is 4. The van der Waals surface area contributed by atoms with Gasteiger partial charge in [-0.2, -0.15) is 0 Å². The summed E-state index contributed by atoms with van der Waals surface area (Å²) in [5.74, 6) is -0.642. The summed E-state index contributed by atoms with van der Waals surface area (Å²) in [6.07, 6.45) is 0. The predicted octanol–water partition coefficient (Wildman–Crippen LogP) is 4.22. The number of fused-ring (bicyclic) bond motifs is 1. The third-order valence-corrected chi connectivity index (χ3v) is 4.39. The first kappa shape index (κ1) is 18.1. The SMILES string of the molecule is CCOC(=O)c1c(-c2cccc(Cl)c2)c2ccc(C)nc2n(CC)c1=O. The van der Waals surface area contributed by atoms with Crippen molar-refractivity contribution in [2.24, 2.45) is 0 Å². The van der Waals surface area contributed by atoms with Gasteiger partial charge in [-0.05, 0) is 50.6 Å². The molecule has 0 aliphatic heterocycles. The standard InChI is InChI=1S/C20H19ClN2O3/c1-4-23-18-15(10-9-12(3)22-18)16(13-7-6-8-14(21)11-13)17(19(23)24)20(25)26-5-2/h6-11H,4-5H2,1-3H3. The quantitative estimate of drug-likeness (QED) is 0.645. The highest BCUT2D eigenvalue weighted by Crippen LogP contribution is 2.32. The number of carbonyl (C=O) groups excluding carboxylic acids is 1. The van der Waals surface area contributed by atoms with Crippen LogP contribution in [0.2, 0.25) is 5.02 Å². The predicted molar refractivity (Wildman–Crippen MR) is 103 cm³/mol. The Kier molecular flexibility index (Phi) is 5.09. The molecule has 0 atom stereocenters. The molecule has 2 heterocycles. The van der Waals surface area contributed by atoms with Gasteiger partial charge in [0.1, 0.15) is 11.2 Å². The average Bonchev–Trinajstić information content (AvgIpc) is 2.60. The first-order valence-electron chi connectivity index (χ1n) is 8.45. The number of esters is 1. The molecular formula is C20H19ClN2O3. The van der Waals surface area contributed by atoms with Crippen molar-refractivity contribution in [3.8, 4) is 11.1 Å². The Morgan fingerprint density at radius 1 is 1.23 bits per heavy atom. The normalized spacial score (nSPS) is 10.9. The van der Waals surface area contributed by atoms with Gasteiger partial charge < -0.3 is 4.74 Å². The number of carbonyl (C=O) groups is 1. The summed E-state index contributed by atoms with van der Waals surface area (Å²) < 4.78 is 6.67. The maximum absolute atomic E-state index is 13.1. The van der Waals surface area contributed by atoms with E-state index in [1.165, 1.54) is 4.57 Å². The third-order valence-electron chi connectivity index (χ3n) is 4.16. The number of aromatic nitrogens is 2. The molecule has 3 rings (SSSR count). The van der Waals surface area contributed by atoms with Gasteiger partial charge in [-0.15, -0.1) is 0 Å². The summed E-state index contributed by atoms with van der Waals surface area (Å²) in [7, 11) is 0. The van der Waals surface area contributed by atoms with Gasteiger partial charge in [-0.1, -0.05) is 23.7 Å². The van der Waals surface area contributed by atoms with Crippen molar-refractivity contribution in [2.45, 2.75) is 27.3 Å². The van der Waals surface area contributed by atoms with Crippen LogP contribution in [0.5, 0.6) is 0 Å². The Hall–Kier alpha value is -2.66. The molecule has 0 N–H and O–H groups in total. The van der Waals surface area contributed by atoms with Gasteiger partial charge in [-0.3, -0.25) is 9.36 Å². The number of benzene rings is 1. The van der Waals surface area contributed by atoms with Gasteiger partial charge in [-0.25, -0.2) is 9.78 Å². The number of halogens is 1. The largest absolute Gasteiger partial charge is 0.462 e. The minimum Gasteiger partial charge on any atom is -0.462 e. The highest BCUT2D eigenvalue weighted by molar-refractivity contribution is 6.31. The zero-order valence-electron chi connectivity index (χ0n) is 14.9. The molecule has 0 fully saturated rings. The second kappa shape index (κ2) is 7.30. The van der Waals surface area contributed by atoms with Crippen molar-refractivity contribution >= 4 is 28.6 Å². The van der Waals surface area contributed by atoms with Crippen LogP contribution in [0, 0.1) is 6.92 Å². The summed E-state index contributed by atoms with van der Waals surface area (Å²) in [5, 5.41) is 1.23. The Morgan fingerprint density at radius 2 is 2.00 bits per heavy atom. The van der Waals surface area contributed by atoms with Gasteiger partial charge in [0.15, 0.2) is 0 Å². The Bertz CT molecular complexity index is 1060. The van der Waals surface area contributed by atoms with E-state index in [9.17, 15) is 9.59 Å². The summed E-state index contributed by atoms with van der Waals surface area (Å²) in [4.78, 5) is 30.3. The van der Waals surface area contributed by atoms with Crippen LogP contribution >= 0.6 is 11.6 Å². The van der Waals surface area contributed by atoms with E-state index in [4.69, 9.17) is 16.3 Å².